The normalized spacial score (nSPS) is 13.5. The Hall–Kier alpha value is -0.470. The van der Waals surface area contributed by atoms with Crippen LogP contribution in [0.5, 0.6) is 0 Å². The van der Waals surface area contributed by atoms with Gasteiger partial charge in [0.2, 0.25) is 10.0 Å². The first kappa shape index (κ1) is 16.6. The first-order valence-electron chi connectivity index (χ1n) is 6.00. The van der Waals surface area contributed by atoms with Crippen molar-refractivity contribution in [2.75, 3.05) is 13.2 Å². The molecule has 7 heteroatoms. The van der Waals surface area contributed by atoms with Gasteiger partial charge in [-0.05, 0) is 47.5 Å². The lowest BCUT2D eigenvalue weighted by Gasteiger charge is -2.14. The molecular weight excluding hydrogens is 332 g/mol. The Balaban J connectivity index is 2.88. The minimum Gasteiger partial charge on any atom is -0.377 e. The van der Waals surface area contributed by atoms with Crippen molar-refractivity contribution in [2.24, 2.45) is 5.73 Å². The van der Waals surface area contributed by atoms with Gasteiger partial charge < -0.3 is 10.5 Å². The maximum atomic E-state index is 12.2. The minimum atomic E-state index is -3.57. The number of halogens is 1. The van der Waals surface area contributed by atoms with Gasteiger partial charge in [0.05, 0.1) is 11.0 Å². The van der Waals surface area contributed by atoms with E-state index in [2.05, 4.69) is 20.7 Å². The smallest absolute Gasteiger partial charge is 0.241 e. The predicted molar refractivity (Wildman–Crippen MR) is 78.3 cm³/mol. The third-order valence-corrected chi connectivity index (χ3v) is 4.95. The number of ether oxygens (including phenoxy) is 1. The van der Waals surface area contributed by atoms with E-state index in [9.17, 15) is 8.42 Å². The summed E-state index contributed by atoms with van der Waals surface area (Å²) < 4.78 is 32.7. The third-order valence-electron chi connectivity index (χ3n) is 2.53. The Morgan fingerprint density at radius 2 is 2.16 bits per heavy atom. The van der Waals surface area contributed by atoms with E-state index in [1.807, 2.05) is 13.8 Å². The Bertz CT molecular complexity index is 520. The quantitative estimate of drug-likeness (QED) is 0.782. The fraction of sp³-hybridized carbons (Fsp3) is 0.500. The summed E-state index contributed by atoms with van der Waals surface area (Å²) in [6, 6.07) is 5.03. The third kappa shape index (κ3) is 4.85. The summed E-state index contributed by atoms with van der Waals surface area (Å²) in [5.41, 5.74) is 6.29. The second kappa shape index (κ2) is 7.35. The molecule has 0 fully saturated rings. The van der Waals surface area contributed by atoms with Crippen molar-refractivity contribution < 1.29 is 13.2 Å². The molecule has 0 aliphatic rings. The second-order valence-corrected chi connectivity index (χ2v) is 6.68. The van der Waals surface area contributed by atoms with Crippen molar-refractivity contribution in [1.82, 2.24) is 4.72 Å². The van der Waals surface area contributed by atoms with Gasteiger partial charge in [-0.15, -0.1) is 0 Å². The Morgan fingerprint density at radius 1 is 1.47 bits per heavy atom. The predicted octanol–water partition coefficient (Wildman–Crippen LogP) is 1.61. The summed E-state index contributed by atoms with van der Waals surface area (Å²) in [6.45, 7) is 4.76. The van der Waals surface area contributed by atoms with Crippen molar-refractivity contribution in [1.29, 1.82) is 0 Å². The Labute approximate surface area is 122 Å². The highest BCUT2D eigenvalue weighted by atomic mass is 79.9. The van der Waals surface area contributed by atoms with Gasteiger partial charge in [0.25, 0.3) is 0 Å². The summed E-state index contributed by atoms with van der Waals surface area (Å²) in [6.07, 6.45) is -0.170. The van der Waals surface area contributed by atoms with Crippen LogP contribution in [0.25, 0.3) is 0 Å². The molecule has 19 heavy (non-hydrogen) atoms. The molecule has 0 aliphatic heterocycles. The lowest BCUT2D eigenvalue weighted by molar-refractivity contribution is 0.0799. The van der Waals surface area contributed by atoms with Crippen LogP contribution in [0.1, 0.15) is 19.4 Å². The molecular formula is C12H19BrN2O3S. The van der Waals surface area contributed by atoms with E-state index in [0.29, 0.717) is 17.6 Å². The van der Waals surface area contributed by atoms with Crippen LogP contribution in [0, 0.1) is 0 Å². The number of hydrogen-bond acceptors (Lipinski definition) is 4. The Kier molecular flexibility index (Phi) is 6.41. The molecule has 0 amide bonds. The highest BCUT2D eigenvalue weighted by Gasteiger charge is 2.18. The number of hydrogen-bond donors (Lipinski definition) is 2. The molecule has 0 heterocycles. The monoisotopic (exact) mass is 350 g/mol. The maximum absolute atomic E-state index is 12.2. The van der Waals surface area contributed by atoms with E-state index in [0.717, 1.165) is 5.56 Å². The van der Waals surface area contributed by atoms with Crippen LogP contribution in [-0.2, 0) is 21.3 Å². The van der Waals surface area contributed by atoms with E-state index in [4.69, 9.17) is 10.5 Å². The van der Waals surface area contributed by atoms with Crippen LogP contribution in [0.3, 0.4) is 0 Å². The van der Waals surface area contributed by atoms with Crippen LogP contribution >= 0.6 is 15.9 Å². The second-order valence-electron chi connectivity index (χ2n) is 4.09. The molecule has 1 aromatic carbocycles. The number of nitrogens with two attached hydrogens (primary N) is 1. The van der Waals surface area contributed by atoms with E-state index in [1.165, 1.54) is 0 Å². The number of nitrogens with one attached hydrogen (secondary N) is 1. The molecule has 0 saturated carbocycles. The van der Waals surface area contributed by atoms with Gasteiger partial charge in [-0.25, -0.2) is 13.1 Å². The van der Waals surface area contributed by atoms with E-state index in [1.54, 1.807) is 18.2 Å². The molecule has 1 aromatic rings. The highest BCUT2D eigenvalue weighted by Crippen LogP contribution is 2.23. The van der Waals surface area contributed by atoms with Gasteiger partial charge in [-0.1, -0.05) is 6.07 Å². The molecule has 1 atom stereocenters. The van der Waals surface area contributed by atoms with Crippen LogP contribution in [-0.4, -0.2) is 27.7 Å². The fourth-order valence-electron chi connectivity index (χ4n) is 1.53. The number of benzene rings is 1. The molecule has 1 rings (SSSR count). The van der Waals surface area contributed by atoms with Gasteiger partial charge in [-0.2, -0.15) is 0 Å². The standard InChI is InChI=1S/C12H19BrN2O3S/c1-3-18-9(2)8-15-19(16,17)12-6-10(7-14)4-5-11(12)13/h4-6,9,15H,3,7-8,14H2,1-2H3. The summed E-state index contributed by atoms with van der Waals surface area (Å²) in [7, 11) is -3.57. The van der Waals surface area contributed by atoms with Gasteiger partial charge in [0.15, 0.2) is 0 Å². The Morgan fingerprint density at radius 3 is 2.74 bits per heavy atom. The molecule has 5 nitrogen and oxygen atoms in total. The zero-order chi connectivity index (χ0) is 14.5. The first-order chi connectivity index (χ1) is 8.90. The van der Waals surface area contributed by atoms with Crippen molar-refractivity contribution >= 4 is 26.0 Å². The van der Waals surface area contributed by atoms with Gasteiger partial charge >= 0.3 is 0 Å². The lowest BCUT2D eigenvalue weighted by Crippen LogP contribution is -2.32. The zero-order valence-electron chi connectivity index (χ0n) is 11.0. The lowest BCUT2D eigenvalue weighted by atomic mass is 10.2. The highest BCUT2D eigenvalue weighted by molar-refractivity contribution is 9.10. The summed E-state index contributed by atoms with van der Waals surface area (Å²) >= 11 is 3.24. The largest absolute Gasteiger partial charge is 0.377 e. The van der Waals surface area contributed by atoms with Crippen molar-refractivity contribution in [3.63, 3.8) is 0 Å². The first-order valence-corrected chi connectivity index (χ1v) is 8.28. The van der Waals surface area contributed by atoms with Crippen molar-refractivity contribution in [3.8, 4) is 0 Å². The van der Waals surface area contributed by atoms with E-state index in [-0.39, 0.29) is 17.5 Å². The van der Waals surface area contributed by atoms with Gasteiger partial charge in [0, 0.05) is 24.2 Å². The van der Waals surface area contributed by atoms with Crippen molar-refractivity contribution in [3.05, 3.63) is 28.2 Å². The average Bonchev–Trinajstić information content (AvgIpc) is 2.37. The van der Waals surface area contributed by atoms with Gasteiger partial charge in [-0.3, -0.25) is 0 Å². The summed E-state index contributed by atoms with van der Waals surface area (Å²) in [5, 5.41) is 0. The molecule has 0 spiro atoms. The molecule has 108 valence electrons. The molecule has 3 N–H and O–H groups in total. The summed E-state index contributed by atoms with van der Waals surface area (Å²) in [4.78, 5) is 0.194. The number of rotatable bonds is 7. The maximum Gasteiger partial charge on any atom is 0.241 e. The number of sulfonamides is 1. The van der Waals surface area contributed by atoms with Crippen molar-refractivity contribution in [2.45, 2.75) is 31.4 Å². The molecule has 0 saturated heterocycles. The van der Waals surface area contributed by atoms with Crippen LogP contribution in [0.2, 0.25) is 0 Å². The van der Waals surface area contributed by atoms with E-state index >= 15 is 0 Å². The molecule has 0 aromatic heterocycles. The molecule has 0 bridgehead atoms. The zero-order valence-corrected chi connectivity index (χ0v) is 13.4. The SMILES string of the molecule is CCOC(C)CNS(=O)(=O)c1cc(CN)ccc1Br. The van der Waals surface area contributed by atoms with Gasteiger partial charge in [0.1, 0.15) is 0 Å². The van der Waals surface area contributed by atoms with E-state index < -0.39 is 10.0 Å². The van der Waals surface area contributed by atoms with Crippen LogP contribution < -0.4 is 10.5 Å². The fourth-order valence-corrected chi connectivity index (χ4v) is 3.66. The van der Waals surface area contributed by atoms with Crippen LogP contribution in [0.4, 0.5) is 0 Å². The molecule has 0 radical (unpaired) electrons. The average molecular weight is 351 g/mol. The van der Waals surface area contributed by atoms with Crippen LogP contribution in [0.15, 0.2) is 27.6 Å². The summed E-state index contributed by atoms with van der Waals surface area (Å²) in [5.74, 6) is 0. The topological polar surface area (TPSA) is 81.4 Å². The molecule has 1 unspecified atom stereocenters. The minimum absolute atomic E-state index is 0.170. The molecule has 0 aliphatic carbocycles.